The minimum atomic E-state index is -0.114. The van der Waals surface area contributed by atoms with Crippen LogP contribution in [0.25, 0.3) is 6.08 Å². The average Bonchev–Trinajstić information content (AvgIpc) is 3.06. The number of halogens is 1. The molecule has 0 atom stereocenters. The molecule has 2 aliphatic heterocycles. The smallest absolute Gasteiger partial charge is 0.231 e. The van der Waals surface area contributed by atoms with Gasteiger partial charge in [-0.05, 0) is 48.0 Å². The van der Waals surface area contributed by atoms with Gasteiger partial charge in [0.2, 0.25) is 6.79 Å². The maximum absolute atomic E-state index is 12.4. The van der Waals surface area contributed by atoms with E-state index >= 15 is 0 Å². The van der Waals surface area contributed by atoms with E-state index in [0.29, 0.717) is 41.8 Å². The molecule has 0 spiro atoms. The van der Waals surface area contributed by atoms with Gasteiger partial charge < -0.3 is 18.9 Å². The minimum absolute atomic E-state index is 0.114. The van der Waals surface area contributed by atoms with Crippen LogP contribution in [0.3, 0.4) is 0 Å². The number of ketones is 1. The van der Waals surface area contributed by atoms with E-state index in [1.54, 1.807) is 24.3 Å². The molecular weight excluding hydrogens is 376 g/mol. The third-order valence-electron chi connectivity index (χ3n) is 3.73. The predicted octanol–water partition coefficient (Wildman–Crippen LogP) is 3.85. The number of carbonyl (C=O) groups excluding carboxylic acids is 1. The Hall–Kier alpha value is -2.47. The van der Waals surface area contributed by atoms with Crippen molar-refractivity contribution in [2.24, 2.45) is 0 Å². The van der Waals surface area contributed by atoms with Crippen LogP contribution in [-0.4, -0.2) is 25.8 Å². The first kappa shape index (κ1) is 15.1. The molecule has 0 unspecified atom stereocenters. The number of rotatable bonds is 3. The summed E-state index contributed by atoms with van der Waals surface area (Å²) in [6.07, 6.45) is 3.26. The van der Waals surface area contributed by atoms with E-state index in [1.807, 2.05) is 12.1 Å². The topological polar surface area (TPSA) is 54.0 Å². The molecule has 0 amide bonds. The first-order chi connectivity index (χ1) is 11.7. The third kappa shape index (κ3) is 2.85. The van der Waals surface area contributed by atoms with E-state index in [-0.39, 0.29) is 12.6 Å². The summed E-state index contributed by atoms with van der Waals surface area (Å²) in [7, 11) is 0. The second kappa shape index (κ2) is 6.20. The zero-order valence-corrected chi connectivity index (χ0v) is 14.2. The van der Waals surface area contributed by atoms with Crippen LogP contribution in [0.15, 0.2) is 40.9 Å². The fourth-order valence-electron chi connectivity index (χ4n) is 2.52. The first-order valence-corrected chi connectivity index (χ1v) is 8.21. The van der Waals surface area contributed by atoms with Crippen molar-refractivity contribution in [2.45, 2.75) is 0 Å². The average molecular weight is 389 g/mol. The lowest BCUT2D eigenvalue weighted by atomic mass is 10.1. The summed E-state index contributed by atoms with van der Waals surface area (Å²) >= 11 is 3.47. The standard InChI is InChI=1S/C18H13BrO5/c19-13-9-18-17(23-10-24-18)7-11(13)1-3-14(20)12-2-4-15-16(8-12)22-6-5-21-15/h1-4,7-9H,5-6,10H2/b3-1-. The van der Waals surface area contributed by atoms with Gasteiger partial charge in [-0.15, -0.1) is 0 Å². The molecule has 0 fully saturated rings. The Morgan fingerprint density at radius 2 is 1.62 bits per heavy atom. The number of ether oxygens (including phenoxy) is 4. The minimum Gasteiger partial charge on any atom is -0.486 e. The molecule has 122 valence electrons. The van der Waals surface area contributed by atoms with Gasteiger partial charge in [-0.3, -0.25) is 4.79 Å². The molecule has 4 rings (SSSR count). The highest BCUT2D eigenvalue weighted by Gasteiger charge is 2.16. The van der Waals surface area contributed by atoms with Gasteiger partial charge in [0.25, 0.3) is 0 Å². The highest BCUT2D eigenvalue weighted by atomic mass is 79.9. The van der Waals surface area contributed by atoms with Crippen LogP contribution in [0.2, 0.25) is 0 Å². The fraction of sp³-hybridized carbons (Fsp3) is 0.167. The lowest BCUT2D eigenvalue weighted by Crippen LogP contribution is -2.15. The van der Waals surface area contributed by atoms with Crippen LogP contribution in [-0.2, 0) is 0 Å². The van der Waals surface area contributed by atoms with Gasteiger partial charge in [0.05, 0.1) is 0 Å². The Morgan fingerprint density at radius 3 is 2.46 bits per heavy atom. The van der Waals surface area contributed by atoms with Crippen molar-refractivity contribution >= 4 is 27.8 Å². The van der Waals surface area contributed by atoms with Gasteiger partial charge in [0, 0.05) is 10.0 Å². The highest BCUT2D eigenvalue weighted by Crippen LogP contribution is 2.37. The Kier molecular flexibility index (Phi) is 3.90. The number of hydrogen-bond donors (Lipinski definition) is 0. The van der Waals surface area contributed by atoms with E-state index in [4.69, 9.17) is 18.9 Å². The SMILES string of the molecule is O=C(/C=C\c1cc2c(cc1Br)OCO2)c1ccc2c(c1)OCCO2. The van der Waals surface area contributed by atoms with Crippen LogP contribution >= 0.6 is 15.9 Å². The molecular formula is C18H13BrO5. The quantitative estimate of drug-likeness (QED) is 0.590. The van der Waals surface area contributed by atoms with Crippen molar-refractivity contribution in [1.82, 2.24) is 0 Å². The summed E-state index contributed by atoms with van der Waals surface area (Å²) < 4.78 is 22.5. The molecule has 24 heavy (non-hydrogen) atoms. The number of fused-ring (bicyclic) bond motifs is 2. The second-order valence-corrected chi connectivity index (χ2v) is 6.14. The van der Waals surface area contributed by atoms with E-state index in [2.05, 4.69) is 15.9 Å². The molecule has 2 aromatic carbocycles. The predicted molar refractivity (Wildman–Crippen MR) is 91.1 cm³/mol. The lowest BCUT2D eigenvalue weighted by Gasteiger charge is -2.18. The molecule has 0 aliphatic carbocycles. The van der Waals surface area contributed by atoms with Gasteiger partial charge in [-0.2, -0.15) is 0 Å². The monoisotopic (exact) mass is 388 g/mol. The van der Waals surface area contributed by atoms with Crippen molar-refractivity contribution in [2.75, 3.05) is 20.0 Å². The molecule has 0 saturated carbocycles. The summed E-state index contributed by atoms with van der Waals surface area (Å²) in [5.74, 6) is 2.52. The summed E-state index contributed by atoms with van der Waals surface area (Å²) in [5.41, 5.74) is 1.39. The first-order valence-electron chi connectivity index (χ1n) is 7.42. The number of allylic oxidation sites excluding steroid dienone is 1. The highest BCUT2D eigenvalue weighted by molar-refractivity contribution is 9.10. The maximum Gasteiger partial charge on any atom is 0.231 e. The van der Waals surface area contributed by atoms with Crippen molar-refractivity contribution in [3.63, 3.8) is 0 Å². The number of hydrogen-bond acceptors (Lipinski definition) is 5. The normalized spacial score (nSPS) is 14.9. The van der Waals surface area contributed by atoms with E-state index in [9.17, 15) is 4.79 Å². The molecule has 0 saturated heterocycles. The maximum atomic E-state index is 12.4. The van der Waals surface area contributed by atoms with Crippen molar-refractivity contribution < 1.29 is 23.7 Å². The zero-order chi connectivity index (χ0) is 16.5. The largest absolute Gasteiger partial charge is 0.486 e. The van der Waals surface area contributed by atoms with E-state index < -0.39 is 0 Å². The van der Waals surface area contributed by atoms with Crippen LogP contribution < -0.4 is 18.9 Å². The van der Waals surface area contributed by atoms with Crippen molar-refractivity contribution in [3.05, 3.63) is 52.0 Å². The molecule has 0 bridgehead atoms. The van der Waals surface area contributed by atoms with Crippen LogP contribution in [0, 0.1) is 0 Å². The molecule has 2 heterocycles. The zero-order valence-electron chi connectivity index (χ0n) is 12.6. The Morgan fingerprint density at radius 1 is 0.917 bits per heavy atom. The van der Waals surface area contributed by atoms with E-state index in [1.165, 1.54) is 6.08 Å². The molecule has 0 radical (unpaired) electrons. The Labute approximate surface area is 146 Å². The summed E-state index contributed by atoms with van der Waals surface area (Å²) in [4.78, 5) is 12.4. The fourth-order valence-corrected chi connectivity index (χ4v) is 2.97. The van der Waals surface area contributed by atoms with Gasteiger partial charge in [0.15, 0.2) is 28.8 Å². The molecule has 0 N–H and O–H groups in total. The van der Waals surface area contributed by atoms with Gasteiger partial charge >= 0.3 is 0 Å². The lowest BCUT2D eigenvalue weighted by molar-refractivity contribution is 0.104. The van der Waals surface area contributed by atoms with Gasteiger partial charge in [0.1, 0.15) is 13.2 Å². The van der Waals surface area contributed by atoms with Gasteiger partial charge in [-0.1, -0.05) is 15.9 Å². The van der Waals surface area contributed by atoms with Crippen molar-refractivity contribution in [3.8, 4) is 23.0 Å². The Bertz CT molecular complexity index is 844. The van der Waals surface area contributed by atoms with E-state index in [0.717, 1.165) is 10.0 Å². The van der Waals surface area contributed by atoms with Crippen LogP contribution in [0.1, 0.15) is 15.9 Å². The number of benzene rings is 2. The molecule has 0 aromatic heterocycles. The second-order valence-electron chi connectivity index (χ2n) is 5.28. The van der Waals surface area contributed by atoms with Crippen molar-refractivity contribution in [1.29, 1.82) is 0 Å². The van der Waals surface area contributed by atoms with Gasteiger partial charge in [-0.25, -0.2) is 0 Å². The molecule has 2 aliphatic rings. The Balaban J connectivity index is 1.57. The molecule has 6 heteroatoms. The van der Waals surface area contributed by atoms with Crippen LogP contribution in [0.5, 0.6) is 23.0 Å². The summed E-state index contributed by atoms with van der Waals surface area (Å²) in [6.45, 7) is 1.23. The third-order valence-corrected chi connectivity index (χ3v) is 4.42. The van der Waals surface area contributed by atoms with Crippen LogP contribution in [0.4, 0.5) is 0 Å². The summed E-state index contributed by atoms with van der Waals surface area (Å²) in [5, 5.41) is 0. The molecule has 2 aromatic rings. The number of carbonyl (C=O) groups is 1. The summed E-state index contributed by atoms with van der Waals surface area (Å²) in [6, 6.07) is 8.85. The molecule has 5 nitrogen and oxygen atoms in total.